The van der Waals surface area contributed by atoms with Crippen molar-refractivity contribution in [1.29, 1.82) is 0 Å². The highest BCUT2D eigenvalue weighted by molar-refractivity contribution is 5.97. The maximum absolute atomic E-state index is 12.8. The number of methoxy groups -OCH3 is 1. The summed E-state index contributed by atoms with van der Waals surface area (Å²) in [5, 5.41) is 9.31. The van der Waals surface area contributed by atoms with E-state index in [2.05, 4.69) is 46.1 Å². The Morgan fingerprint density at radius 3 is 2.50 bits per heavy atom. The molecule has 0 radical (unpaired) electrons. The molecule has 0 bridgehead atoms. The Kier molecular flexibility index (Phi) is 11.4. The lowest BCUT2D eigenvalue weighted by Gasteiger charge is -2.25. The Morgan fingerprint density at radius 2 is 1.82 bits per heavy atom. The van der Waals surface area contributed by atoms with E-state index < -0.39 is 5.60 Å². The maximum Gasteiger partial charge on any atom is 0.407 e. The number of aromatic nitrogens is 1. The molecule has 1 fully saturated rings. The van der Waals surface area contributed by atoms with Crippen LogP contribution in [-0.4, -0.2) is 42.3 Å². The van der Waals surface area contributed by atoms with Crippen LogP contribution in [0.3, 0.4) is 0 Å². The summed E-state index contributed by atoms with van der Waals surface area (Å²) in [5.41, 5.74) is 5.32. The molecule has 2 heterocycles. The van der Waals surface area contributed by atoms with E-state index in [0.29, 0.717) is 30.5 Å². The summed E-state index contributed by atoms with van der Waals surface area (Å²) in [7, 11) is 1.61. The monoisotopic (exact) mass is 550 g/mol. The fourth-order valence-corrected chi connectivity index (χ4v) is 5.05. The fraction of sp³-hybridized carbons (Fsp3) is 0.531. The molecule has 1 aliphatic heterocycles. The number of carbonyl (C=O) groups excluding carboxylic acids is 2. The second-order valence-corrected chi connectivity index (χ2v) is 11.3. The molecule has 3 N–H and O–H groups in total. The predicted molar refractivity (Wildman–Crippen MR) is 160 cm³/mol. The number of rotatable bonds is 4. The van der Waals surface area contributed by atoms with Gasteiger partial charge in [0, 0.05) is 41.6 Å². The molecular weight excluding hydrogens is 504 g/mol. The molecule has 2 aromatic rings. The van der Waals surface area contributed by atoms with Crippen molar-refractivity contribution in [2.75, 3.05) is 19.0 Å². The fourth-order valence-electron chi connectivity index (χ4n) is 5.05. The van der Waals surface area contributed by atoms with Gasteiger partial charge in [-0.2, -0.15) is 0 Å². The summed E-state index contributed by atoms with van der Waals surface area (Å²) >= 11 is 0. The van der Waals surface area contributed by atoms with Crippen molar-refractivity contribution in [3.05, 3.63) is 64.4 Å². The Balaban J connectivity index is 0.000000267. The Hall–Kier alpha value is -3.55. The van der Waals surface area contributed by atoms with E-state index in [4.69, 9.17) is 9.47 Å². The number of hydrogen-bond donors (Lipinski definition) is 3. The quantitative estimate of drug-likeness (QED) is 0.389. The lowest BCUT2D eigenvalue weighted by molar-refractivity contribution is 0.0493. The highest BCUT2D eigenvalue weighted by Crippen LogP contribution is 2.25. The van der Waals surface area contributed by atoms with E-state index in [1.807, 2.05) is 45.9 Å². The molecule has 1 aromatic heterocycles. The Bertz CT molecular complexity index is 1180. The van der Waals surface area contributed by atoms with Gasteiger partial charge in [0.15, 0.2) is 0 Å². The van der Waals surface area contributed by atoms with Gasteiger partial charge in [0.2, 0.25) is 5.88 Å². The number of aryl methyl sites for hydroxylation is 1. The van der Waals surface area contributed by atoms with Gasteiger partial charge in [-0.05, 0) is 89.6 Å². The average Bonchev–Trinajstić information content (AvgIpc) is 2.93. The number of nitrogens with zero attached hydrogens (tertiary/aromatic N) is 1. The van der Waals surface area contributed by atoms with Gasteiger partial charge in [0.1, 0.15) is 5.60 Å². The summed E-state index contributed by atoms with van der Waals surface area (Å²) in [4.78, 5) is 28.7. The van der Waals surface area contributed by atoms with Crippen LogP contribution in [0, 0.1) is 6.92 Å². The van der Waals surface area contributed by atoms with Crippen LogP contribution in [0.15, 0.2) is 36.4 Å². The van der Waals surface area contributed by atoms with E-state index >= 15 is 0 Å². The van der Waals surface area contributed by atoms with Crippen LogP contribution in [-0.2, 0) is 24.1 Å². The summed E-state index contributed by atoms with van der Waals surface area (Å²) < 4.78 is 10.6. The number of alkyl carbamates (subject to hydrolysis) is 1. The van der Waals surface area contributed by atoms with Crippen molar-refractivity contribution in [3.63, 3.8) is 0 Å². The van der Waals surface area contributed by atoms with Crippen LogP contribution in [0.5, 0.6) is 5.88 Å². The van der Waals surface area contributed by atoms with Gasteiger partial charge in [-0.1, -0.05) is 37.5 Å². The molecule has 0 spiro atoms. The van der Waals surface area contributed by atoms with E-state index in [-0.39, 0.29) is 12.0 Å². The van der Waals surface area contributed by atoms with Crippen molar-refractivity contribution in [3.8, 4) is 5.88 Å². The molecule has 0 atom stereocenters. The lowest BCUT2D eigenvalue weighted by Crippen LogP contribution is -2.39. The predicted octanol–water partition coefficient (Wildman–Crippen LogP) is 6.26. The second kappa shape index (κ2) is 14.7. The van der Waals surface area contributed by atoms with Gasteiger partial charge in [-0.15, -0.1) is 0 Å². The first kappa shape index (κ1) is 31.0. The number of pyridine rings is 1. The van der Waals surface area contributed by atoms with Gasteiger partial charge in [0.25, 0.3) is 5.91 Å². The van der Waals surface area contributed by atoms with Crippen LogP contribution >= 0.6 is 0 Å². The van der Waals surface area contributed by atoms with Gasteiger partial charge in [-0.3, -0.25) is 4.79 Å². The number of hydrogen-bond acceptors (Lipinski definition) is 6. The lowest BCUT2D eigenvalue weighted by atomic mass is 9.96. The topological polar surface area (TPSA) is 102 Å². The minimum Gasteiger partial charge on any atom is -0.481 e. The summed E-state index contributed by atoms with van der Waals surface area (Å²) in [6, 6.07) is 8.21. The Labute approximate surface area is 239 Å². The number of fused-ring (bicyclic) bond motifs is 2. The molecule has 1 saturated carbocycles. The van der Waals surface area contributed by atoms with E-state index in [0.717, 1.165) is 53.9 Å². The third-order valence-electron chi connectivity index (χ3n) is 6.87. The summed E-state index contributed by atoms with van der Waals surface area (Å²) in [5.74, 6) is 0.498. The first-order chi connectivity index (χ1) is 19.1. The van der Waals surface area contributed by atoms with Gasteiger partial charge >= 0.3 is 6.09 Å². The number of anilines is 1. The smallest absolute Gasteiger partial charge is 0.407 e. The zero-order valence-electron chi connectivity index (χ0n) is 25.0. The molecule has 40 heavy (non-hydrogen) atoms. The van der Waals surface area contributed by atoms with Gasteiger partial charge in [-0.25, -0.2) is 9.78 Å². The van der Waals surface area contributed by atoms with Crippen molar-refractivity contribution in [1.82, 2.24) is 15.6 Å². The molecule has 2 amide bonds. The minimum absolute atomic E-state index is 0.0800. The highest BCUT2D eigenvalue weighted by Gasteiger charge is 2.21. The number of allylic oxidation sites excluding steroid dienone is 2. The van der Waals surface area contributed by atoms with E-state index in [1.165, 1.54) is 19.3 Å². The minimum atomic E-state index is -0.390. The molecule has 0 saturated heterocycles. The Morgan fingerprint density at radius 1 is 1.10 bits per heavy atom. The van der Waals surface area contributed by atoms with Crippen molar-refractivity contribution >= 4 is 17.7 Å². The average molecular weight is 551 g/mol. The number of benzene rings is 1. The normalized spacial score (nSPS) is 16.5. The molecule has 0 unspecified atom stereocenters. The highest BCUT2D eigenvalue weighted by atomic mass is 16.6. The zero-order valence-corrected chi connectivity index (χ0v) is 25.0. The largest absolute Gasteiger partial charge is 0.481 e. The molecule has 218 valence electrons. The molecule has 2 aliphatic rings. The first-order valence-corrected chi connectivity index (χ1v) is 14.4. The maximum atomic E-state index is 12.8. The van der Waals surface area contributed by atoms with Crippen LogP contribution in [0.1, 0.15) is 92.5 Å². The van der Waals surface area contributed by atoms with Crippen LogP contribution in [0.2, 0.25) is 0 Å². The molecule has 8 heteroatoms. The van der Waals surface area contributed by atoms with Crippen LogP contribution < -0.4 is 20.7 Å². The number of amides is 2. The first-order valence-electron chi connectivity index (χ1n) is 14.4. The summed E-state index contributed by atoms with van der Waals surface area (Å²) in [6.45, 7) is 10.9. The van der Waals surface area contributed by atoms with E-state index in [9.17, 15) is 9.59 Å². The van der Waals surface area contributed by atoms with Crippen LogP contribution in [0.25, 0.3) is 0 Å². The molecule has 8 nitrogen and oxygen atoms in total. The number of ether oxygens (including phenoxy) is 2. The van der Waals surface area contributed by atoms with Crippen molar-refractivity contribution in [2.24, 2.45) is 0 Å². The SMILES string of the molecule is CC(C)(C)OC(=O)NC1CCCCC1.CCNc1cccc2c1C/C=C\Cc1cc(C)nc(OC)c1CNC2=O. The second-order valence-electron chi connectivity index (χ2n) is 11.3. The van der Waals surface area contributed by atoms with E-state index in [1.54, 1.807) is 7.11 Å². The summed E-state index contributed by atoms with van der Waals surface area (Å²) in [6.07, 6.45) is 11.4. The zero-order chi connectivity index (χ0) is 29.1. The standard InChI is InChI=1S/C21H25N3O2.C11H21NO2/c1-4-22-19-11-7-10-17-16(19)9-6-5-8-15-12-14(2)24-21(26-3)18(15)13-23-20(17)25;1-11(2,3)14-10(13)12-9-7-5-4-6-8-9/h5-7,10-12,22H,4,8-9,13H2,1-3H3,(H,23,25);9H,4-8H2,1-3H3,(H,12,13)/b6-5-;. The molecule has 4 rings (SSSR count). The van der Waals surface area contributed by atoms with Crippen LogP contribution in [0.4, 0.5) is 10.5 Å². The van der Waals surface area contributed by atoms with Crippen molar-refractivity contribution in [2.45, 2.75) is 97.8 Å². The molecule has 1 aromatic carbocycles. The molecule has 1 aliphatic carbocycles. The van der Waals surface area contributed by atoms with Gasteiger partial charge < -0.3 is 25.4 Å². The molecular formula is C32H46N4O4. The number of carbonyl (C=O) groups is 2. The third-order valence-corrected chi connectivity index (χ3v) is 6.87. The third kappa shape index (κ3) is 9.28. The van der Waals surface area contributed by atoms with Gasteiger partial charge in [0.05, 0.1) is 7.11 Å². The number of nitrogens with one attached hydrogen (secondary N) is 3. The van der Waals surface area contributed by atoms with Crippen molar-refractivity contribution < 1.29 is 19.1 Å².